The standard InChI is InChI=1S/C21H14ClNO4S/c1-10-15-18(26)16(20(27)23-21(15)28-19(10)22)11-2-4-12(5-3-11)17(25)13-6-8-14(24)9-7-13/h2-9,24H,1H3,(H2,23,26,27). The summed E-state index contributed by atoms with van der Waals surface area (Å²) in [5.74, 6) is -0.251. The number of phenols is 1. The molecule has 0 atom stereocenters. The van der Waals surface area contributed by atoms with Crippen LogP contribution in [0.2, 0.25) is 4.34 Å². The number of H-pyrrole nitrogens is 1. The monoisotopic (exact) mass is 411 g/mol. The fourth-order valence-electron chi connectivity index (χ4n) is 3.09. The van der Waals surface area contributed by atoms with Crippen molar-refractivity contribution in [1.29, 1.82) is 0 Å². The molecule has 0 unspecified atom stereocenters. The summed E-state index contributed by atoms with van der Waals surface area (Å²) in [5.41, 5.74) is 1.77. The second-order valence-electron chi connectivity index (χ2n) is 6.34. The van der Waals surface area contributed by atoms with Crippen LogP contribution in [0.1, 0.15) is 21.5 Å². The van der Waals surface area contributed by atoms with Crippen LogP contribution in [0.25, 0.3) is 21.3 Å². The normalized spacial score (nSPS) is 11.1. The Hall–Kier alpha value is -3.09. The quantitative estimate of drug-likeness (QED) is 0.420. The second kappa shape index (κ2) is 6.82. The lowest BCUT2D eigenvalue weighted by Crippen LogP contribution is -2.09. The van der Waals surface area contributed by atoms with Gasteiger partial charge in [-0.1, -0.05) is 35.9 Å². The van der Waals surface area contributed by atoms with Crippen LogP contribution in [-0.2, 0) is 0 Å². The van der Waals surface area contributed by atoms with E-state index in [1.165, 1.54) is 23.5 Å². The predicted molar refractivity (Wildman–Crippen MR) is 111 cm³/mol. The van der Waals surface area contributed by atoms with E-state index in [2.05, 4.69) is 4.98 Å². The molecule has 2 heterocycles. The average molecular weight is 412 g/mol. The van der Waals surface area contributed by atoms with E-state index < -0.39 is 5.56 Å². The number of hydrogen-bond acceptors (Lipinski definition) is 5. The van der Waals surface area contributed by atoms with Gasteiger partial charge in [0.15, 0.2) is 5.78 Å². The number of thiophene rings is 1. The number of carbonyl (C=O) groups excluding carboxylic acids is 1. The Labute approximate surface area is 168 Å². The molecule has 3 N–H and O–H groups in total. The van der Waals surface area contributed by atoms with Gasteiger partial charge in [-0.05, 0) is 42.3 Å². The zero-order valence-corrected chi connectivity index (χ0v) is 16.2. The molecule has 7 heteroatoms. The lowest BCUT2D eigenvalue weighted by atomic mass is 9.99. The molecular weight excluding hydrogens is 398 g/mol. The lowest BCUT2D eigenvalue weighted by Gasteiger charge is -2.07. The number of hydrogen-bond donors (Lipinski definition) is 3. The topological polar surface area (TPSA) is 90.4 Å². The highest BCUT2D eigenvalue weighted by Crippen LogP contribution is 2.41. The third-order valence-electron chi connectivity index (χ3n) is 4.58. The molecule has 0 aliphatic rings. The molecule has 0 fully saturated rings. The van der Waals surface area contributed by atoms with Crippen LogP contribution < -0.4 is 5.56 Å². The maximum atomic E-state index is 12.5. The van der Waals surface area contributed by atoms with Crippen LogP contribution in [0.5, 0.6) is 11.5 Å². The second-order valence-corrected chi connectivity index (χ2v) is 7.96. The first-order valence-corrected chi connectivity index (χ1v) is 9.54. The molecule has 0 spiro atoms. The van der Waals surface area contributed by atoms with Gasteiger partial charge in [0.05, 0.1) is 15.3 Å². The number of rotatable bonds is 3. The Bertz CT molecular complexity index is 1270. The molecule has 0 radical (unpaired) electrons. The number of ketones is 1. The van der Waals surface area contributed by atoms with E-state index in [9.17, 15) is 19.8 Å². The number of nitrogens with one attached hydrogen (secondary N) is 1. The Morgan fingerprint density at radius 1 is 1.00 bits per heavy atom. The number of fused-ring (bicyclic) bond motifs is 1. The molecule has 4 rings (SSSR count). The summed E-state index contributed by atoms with van der Waals surface area (Å²) in [6.45, 7) is 1.78. The Morgan fingerprint density at radius 2 is 1.57 bits per heavy atom. The smallest absolute Gasteiger partial charge is 0.260 e. The number of benzene rings is 2. The molecule has 2 aromatic heterocycles. The Kier molecular flexibility index (Phi) is 4.45. The van der Waals surface area contributed by atoms with Crippen molar-refractivity contribution < 1.29 is 15.0 Å². The van der Waals surface area contributed by atoms with Gasteiger partial charge in [-0.3, -0.25) is 9.59 Å². The highest BCUT2D eigenvalue weighted by molar-refractivity contribution is 7.22. The number of aromatic nitrogens is 1. The summed E-state index contributed by atoms with van der Waals surface area (Å²) in [7, 11) is 0. The van der Waals surface area contributed by atoms with Crippen LogP contribution in [0.15, 0.2) is 53.3 Å². The molecular formula is C21H14ClNO4S. The molecule has 0 saturated carbocycles. The maximum absolute atomic E-state index is 12.5. The van der Waals surface area contributed by atoms with Gasteiger partial charge in [0, 0.05) is 11.1 Å². The summed E-state index contributed by atoms with van der Waals surface area (Å²) in [6, 6.07) is 12.4. The molecule has 4 aromatic rings. The predicted octanol–water partition coefficient (Wildman–Crippen LogP) is 4.86. The van der Waals surface area contributed by atoms with E-state index in [1.54, 1.807) is 43.3 Å². The van der Waals surface area contributed by atoms with Gasteiger partial charge in [0.2, 0.25) is 0 Å². The van der Waals surface area contributed by atoms with Crippen molar-refractivity contribution in [2.45, 2.75) is 6.92 Å². The molecule has 2 aromatic carbocycles. The number of aromatic amines is 1. The molecule has 5 nitrogen and oxygen atoms in total. The van der Waals surface area contributed by atoms with Crippen molar-refractivity contribution in [3.8, 4) is 22.6 Å². The number of carbonyl (C=O) groups is 1. The lowest BCUT2D eigenvalue weighted by molar-refractivity contribution is 0.103. The summed E-state index contributed by atoms with van der Waals surface area (Å²) in [4.78, 5) is 28.3. The van der Waals surface area contributed by atoms with Crippen LogP contribution >= 0.6 is 22.9 Å². The maximum Gasteiger partial charge on any atom is 0.260 e. The summed E-state index contributed by atoms with van der Waals surface area (Å²) < 4.78 is 0.507. The summed E-state index contributed by atoms with van der Waals surface area (Å²) >= 11 is 7.33. The van der Waals surface area contributed by atoms with Gasteiger partial charge in [0.25, 0.3) is 5.56 Å². The fraction of sp³-hybridized carbons (Fsp3) is 0.0476. The first-order chi connectivity index (χ1) is 13.4. The van der Waals surface area contributed by atoms with Crippen LogP contribution in [0.3, 0.4) is 0 Å². The minimum Gasteiger partial charge on any atom is -0.508 e. The van der Waals surface area contributed by atoms with Crippen molar-refractivity contribution in [2.75, 3.05) is 0 Å². The first kappa shape index (κ1) is 18.3. The van der Waals surface area contributed by atoms with E-state index in [-0.39, 0.29) is 22.8 Å². The van der Waals surface area contributed by atoms with Crippen LogP contribution in [0.4, 0.5) is 0 Å². The van der Waals surface area contributed by atoms with E-state index in [0.717, 1.165) is 0 Å². The molecule has 140 valence electrons. The highest BCUT2D eigenvalue weighted by Gasteiger charge is 2.19. The Morgan fingerprint density at radius 3 is 2.18 bits per heavy atom. The third kappa shape index (κ3) is 2.96. The highest BCUT2D eigenvalue weighted by atomic mass is 35.5. The van der Waals surface area contributed by atoms with Gasteiger partial charge >= 0.3 is 0 Å². The number of aryl methyl sites for hydroxylation is 1. The van der Waals surface area contributed by atoms with E-state index in [4.69, 9.17) is 11.6 Å². The average Bonchev–Trinajstić information content (AvgIpc) is 2.96. The molecule has 0 aliphatic heterocycles. The molecule has 0 amide bonds. The van der Waals surface area contributed by atoms with Crippen molar-refractivity contribution in [1.82, 2.24) is 4.98 Å². The van der Waals surface area contributed by atoms with E-state index >= 15 is 0 Å². The zero-order valence-electron chi connectivity index (χ0n) is 14.6. The Balaban J connectivity index is 1.77. The molecule has 0 bridgehead atoms. The first-order valence-electron chi connectivity index (χ1n) is 8.35. The minimum absolute atomic E-state index is 0.0841. The zero-order chi connectivity index (χ0) is 20.0. The number of aromatic hydroxyl groups is 2. The molecule has 28 heavy (non-hydrogen) atoms. The van der Waals surface area contributed by atoms with E-state index in [1.807, 2.05) is 0 Å². The third-order valence-corrected chi connectivity index (χ3v) is 6.09. The minimum atomic E-state index is -0.430. The van der Waals surface area contributed by atoms with E-state index in [0.29, 0.717) is 36.8 Å². The van der Waals surface area contributed by atoms with Crippen molar-refractivity contribution >= 4 is 38.9 Å². The van der Waals surface area contributed by atoms with Crippen LogP contribution in [-0.4, -0.2) is 21.0 Å². The summed E-state index contributed by atoms with van der Waals surface area (Å²) in [5, 5.41) is 20.6. The van der Waals surface area contributed by atoms with Gasteiger partial charge in [-0.15, -0.1) is 11.3 Å². The SMILES string of the molecule is Cc1c(Cl)sc2[nH]c(=O)c(-c3ccc(C(=O)c4ccc(O)cc4)cc3)c(O)c12. The van der Waals surface area contributed by atoms with Crippen molar-refractivity contribution in [3.05, 3.63) is 79.9 Å². The molecule has 0 saturated heterocycles. The summed E-state index contributed by atoms with van der Waals surface area (Å²) in [6.07, 6.45) is 0. The fourth-order valence-corrected chi connectivity index (χ4v) is 4.35. The van der Waals surface area contributed by atoms with Gasteiger partial charge in [-0.25, -0.2) is 0 Å². The number of pyridine rings is 1. The van der Waals surface area contributed by atoms with Gasteiger partial charge in [-0.2, -0.15) is 0 Å². The largest absolute Gasteiger partial charge is 0.508 e. The van der Waals surface area contributed by atoms with Crippen molar-refractivity contribution in [2.24, 2.45) is 0 Å². The van der Waals surface area contributed by atoms with Gasteiger partial charge in [0.1, 0.15) is 16.3 Å². The van der Waals surface area contributed by atoms with Gasteiger partial charge < -0.3 is 15.2 Å². The number of halogens is 1. The number of phenolic OH excluding ortho intramolecular Hbond substituents is 1. The van der Waals surface area contributed by atoms with Crippen molar-refractivity contribution in [3.63, 3.8) is 0 Å². The van der Waals surface area contributed by atoms with Crippen LogP contribution in [0, 0.1) is 6.92 Å². The molecule has 0 aliphatic carbocycles.